The van der Waals surface area contributed by atoms with Crippen molar-refractivity contribution >= 4 is 23.6 Å². The summed E-state index contributed by atoms with van der Waals surface area (Å²) in [6.07, 6.45) is 0.570. The fraction of sp³-hybridized carbons (Fsp3) is 0.391. The number of likely N-dealkylation sites (N-methyl/N-ethyl adjacent to an activating group) is 1. The molecule has 5 nitrogen and oxygen atoms in total. The van der Waals surface area contributed by atoms with Crippen molar-refractivity contribution in [2.75, 3.05) is 19.9 Å². The highest BCUT2D eigenvalue weighted by molar-refractivity contribution is 7.99. The van der Waals surface area contributed by atoms with Gasteiger partial charge in [0, 0.05) is 19.3 Å². The van der Waals surface area contributed by atoms with Gasteiger partial charge in [-0.25, -0.2) is 0 Å². The molecule has 0 aliphatic rings. The summed E-state index contributed by atoms with van der Waals surface area (Å²) >= 11 is 1.55. The molecule has 2 aromatic rings. The number of amides is 2. The average Bonchev–Trinajstić information content (AvgIpc) is 2.73. The molecule has 2 aromatic carbocycles. The highest BCUT2D eigenvalue weighted by Gasteiger charge is 2.27. The van der Waals surface area contributed by atoms with E-state index in [0.717, 1.165) is 28.2 Å². The molecule has 1 atom stereocenters. The molecular weight excluding hydrogens is 384 g/mol. The van der Waals surface area contributed by atoms with Crippen LogP contribution >= 0.6 is 11.8 Å². The fourth-order valence-corrected chi connectivity index (χ4v) is 4.02. The van der Waals surface area contributed by atoms with Gasteiger partial charge in [0.15, 0.2) is 0 Å². The van der Waals surface area contributed by atoms with Gasteiger partial charge in [-0.3, -0.25) is 9.59 Å². The lowest BCUT2D eigenvalue weighted by Gasteiger charge is -2.30. The first kappa shape index (κ1) is 22.8. The first-order chi connectivity index (χ1) is 14.0. The van der Waals surface area contributed by atoms with Crippen LogP contribution in [0.4, 0.5) is 0 Å². The average molecular weight is 415 g/mol. The third kappa shape index (κ3) is 6.82. The minimum Gasteiger partial charge on any atom is -0.497 e. The standard InChI is InChI=1S/C23H30N2O3S/c1-5-21(23(27)24-3)25(14-19-8-6-7-17(2)13-19)22(26)16-29-15-18-9-11-20(28-4)12-10-18/h6-13,21H,5,14-16H2,1-4H3,(H,24,27)/t21-/m0/s1. The van der Waals surface area contributed by atoms with E-state index >= 15 is 0 Å². The molecule has 0 saturated carbocycles. The Labute approximate surface area is 177 Å². The lowest BCUT2D eigenvalue weighted by molar-refractivity contribution is -0.139. The zero-order chi connectivity index (χ0) is 21.2. The van der Waals surface area contributed by atoms with Crippen LogP contribution in [0.25, 0.3) is 0 Å². The molecule has 0 aliphatic carbocycles. The molecule has 0 aliphatic heterocycles. The number of benzene rings is 2. The van der Waals surface area contributed by atoms with Crippen LogP contribution < -0.4 is 10.1 Å². The number of hydrogen-bond acceptors (Lipinski definition) is 4. The van der Waals surface area contributed by atoms with Crippen LogP contribution in [-0.2, 0) is 21.9 Å². The monoisotopic (exact) mass is 414 g/mol. The minimum atomic E-state index is -0.477. The maximum absolute atomic E-state index is 13.0. The van der Waals surface area contributed by atoms with Crippen molar-refractivity contribution in [3.05, 3.63) is 65.2 Å². The van der Waals surface area contributed by atoms with Gasteiger partial charge < -0.3 is 15.0 Å². The molecule has 0 radical (unpaired) electrons. The van der Waals surface area contributed by atoms with Gasteiger partial charge in [-0.2, -0.15) is 0 Å². The number of carbonyl (C=O) groups excluding carboxylic acids is 2. The normalized spacial score (nSPS) is 11.6. The van der Waals surface area contributed by atoms with Crippen LogP contribution in [0.5, 0.6) is 5.75 Å². The number of nitrogens with zero attached hydrogens (tertiary/aromatic N) is 1. The Kier molecular flexibility index (Phi) is 9.06. The highest BCUT2D eigenvalue weighted by atomic mass is 32.2. The Balaban J connectivity index is 2.07. The van der Waals surface area contributed by atoms with Crippen LogP contribution in [0.2, 0.25) is 0 Å². The Morgan fingerprint density at radius 1 is 1.14 bits per heavy atom. The number of nitrogens with one attached hydrogen (secondary N) is 1. The van der Waals surface area contributed by atoms with E-state index in [0.29, 0.717) is 18.7 Å². The van der Waals surface area contributed by atoms with E-state index in [2.05, 4.69) is 11.4 Å². The molecule has 0 fully saturated rings. The summed E-state index contributed by atoms with van der Waals surface area (Å²) in [7, 11) is 3.25. The number of aryl methyl sites for hydroxylation is 1. The molecule has 0 saturated heterocycles. The van der Waals surface area contributed by atoms with Crippen molar-refractivity contribution in [3.63, 3.8) is 0 Å². The van der Waals surface area contributed by atoms with Gasteiger partial charge in [0.05, 0.1) is 12.9 Å². The number of rotatable bonds is 10. The van der Waals surface area contributed by atoms with E-state index in [-0.39, 0.29) is 11.8 Å². The zero-order valence-electron chi connectivity index (χ0n) is 17.6. The number of thioether (sulfide) groups is 1. The zero-order valence-corrected chi connectivity index (χ0v) is 18.4. The molecule has 2 amide bonds. The third-order valence-electron chi connectivity index (χ3n) is 4.72. The van der Waals surface area contributed by atoms with Crippen LogP contribution in [0.1, 0.15) is 30.0 Å². The number of ether oxygens (including phenoxy) is 1. The van der Waals surface area contributed by atoms with Gasteiger partial charge in [-0.1, -0.05) is 48.9 Å². The molecule has 1 N–H and O–H groups in total. The van der Waals surface area contributed by atoms with Gasteiger partial charge in [0.2, 0.25) is 11.8 Å². The topological polar surface area (TPSA) is 58.6 Å². The van der Waals surface area contributed by atoms with Gasteiger partial charge in [-0.05, 0) is 36.6 Å². The Morgan fingerprint density at radius 3 is 2.45 bits per heavy atom. The Hall–Kier alpha value is -2.47. The van der Waals surface area contributed by atoms with E-state index in [9.17, 15) is 9.59 Å². The number of hydrogen-bond donors (Lipinski definition) is 1. The second kappa shape index (κ2) is 11.5. The second-order valence-electron chi connectivity index (χ2n) is 6.89. The van der Waals surface area contributed by atoms with Crippen molar-refractivity contribution < 1.29 is 14.3 Å². The predicted octanol–water partition coefficient (Wildman–Crippen LogP) is 3.79. The van der Waals surface area contributed by atoms with Crippen LogP contribution in [0, 0.1) is 6.92 Å². The van der Waals surface area contributed by atoms with Crippen molar-refractivity contribution in [2.45, 2.75) is 38.6 Å². The summed E-state index contributed by atoms with van der Waals surface area (Å²) in [6.45, 7) is 4.38. The van der Waals surface area contributed by atoms with Gasteiger partial charge in [0.1, 0.15) is 11.8 Å². The largest absolute Gasteiger partial charge is 0.497 e. The first-order valence-corrected chi connectivity index (χ1v) is 10.9. The summed E-state index contributed by atoms with van der Waals surface area (Å²) in [6, 6.07) is 15.4. The fourth-order valence-electron chi connectivity index (χ4n) is 3.15. The molecule has 6 heteroatoms. The van der Waals surface area contributed by atoms with E-state index in [1.165, 1.54) is 0 Å². The smallest absolute Gasteiger partial charge is 0.242 e. The summed E-state index contributed by atoms with van der Waals surface area (Å²) in [5, 5.41) is 2.69. The maximum Gasteiger partial charge on any atom is 0.242 e. The van der Waals surface area contributed by atoms with Crippen LogP contribution in [-0.4, -0.2) is 42.7 Å². The lowest BCUT2D eigenvalue weighted by atomic mass is 10.1. The molecule has 0 heterocycles. The summed E-state index contributed by atoms with van der Waals surface area (Å²) in [4.78, 5) is 27.1. The molecule has 0 spiro atoms. The van der Waals surface area contributed by atoms with Gasteiger partial charge in [0.25, 0.3) is 0 Å². The maximum atomic E-state index is 13.0. The molecule has 0 bridgehead atoms. The van der Waals surface area contributed by atoms with Crippen LogP contribution in [0.15, 0.2) is 48.5 Å². The Morgan fingerprint density at radius 2 is 1.86 bits per heavy atom. The number of carbonyl (C=O) groups is 2. The molecule has 29 heavy (non-hydrogen) atoms. The molecular formula is C23H30N2O3S. The third-order valence-corrected chi connectivity index (χ3v) is 5.71. The van der Waals surface area contributed by atoms with Crippen molar-refractivity contribution in [1.29, 1.82) is 0 Å². The molecule has 2 rings (SSSR count). The molecule has 156 valence electrons. The van der Waals surface area contributed by atoms with E-state index in [1.807, 2.05) is 56.3 Å². The first-order valence-electron chi connectivity index (χ1n) is 9.75. The molecule has 0 unspecified atom stereocenters. The second-order valence-corrected chi connectivity index (χ2v) is 7.88. The predicted molar refractivity (Wildman–Crippen MR) is 119 cm³/mol. The van der Waals surface area contributed by atoms with Crippen molar-refractivity contribution in [3.8, 4) is 5.75 Å². The SMILES string of the molecule is CC[C@@H](C(=O)NC)N(Cc1cccc(C)c1)C(=O)CSCc1ccc(OC)cc1. The number of methoxy groups -OCH3 is 1. The van der Waals surface area contributed by atoms with Crippen molar-refractivity contribution in [1.82, 2.24) is 10.2 Å². The quantitative estimate of drug-likeness (QED) is 0.643. The van der Waals surface area contributed by atoms with E-state index < -0.39 is 6.04 Å². The van der Waals surface area contributed by atoms with Crippen LogP contribution in [0.3, 0.4) is 0 Å². The molecule has 0 aromatic heterocycles. The Bertz CT molecular complexity index is 808. The van der Waals surface area contributed by atoms with Crippen molar-refractivity contribution in [2.24, 2.45) is 0 Å². The van der Waals surface area contributed by atoms with Gasteiger partial charge >= 0.3 is 0 Å². The summed E-state index contributed by atoms with van der Waals surface area (Å²) < 4.78 is 5.17. The lowest BCUT2D eigenvalue weighted by Crippen LogP contribution is -2.48. The van der Waals surface area contributed by atoms with E-state index in [1.54, 1.807) is 30.8 Å². The summed E-state index contributed by atoms with van der Waals surface area (Å²) in [5.74, 6) is 1.71. The minimum absolute atomic E-state index is 0.0273. The highest BCUT2D eigenvalue weighted by Crippen LogP contribution is 2.19. The summed E-state index contributed by atoms with van der Waals surface area (Å²) in [5.41, 5.74) is 3.30. The van der Waals surface area contributed by atoms with Gasteiger partial charge in [-0.15, -0.1) is 11.8 Å². The van der Waals surface area contributed by atoms with E-state index in [4.69, 9.17) is 4.74 Å².